The van der Waals surface area contributed by atoms with Crippen molar-refractivity contribution in [1.82, 2.24) is 4.72 Å². The largest absolute Gasteiger partial charge is 0.468 e. The first-order chi connectivity index (χ1) is 8.83. The second-order valence-corrected chi connectivity index (χ2v) is 5.08. The maximum absolute atomic E-state index is 13.3. The van der Waals surface area contributed by atoms with Gasteiger partial charge in [0.25, 0.3) is 0 Å². The van der Waals surface area contributed by atoms with Crippen LogP contribution in [0, 0.1) is 11.6 Å². The molecule has 2 N–H and O–H groups in total. The Morgan fingerprint density at radius 1 is 1.42 bits per heavy atom. The van der Waals surface area contributed by atoms with E-state index in [1.54, 1.807) is 4.72 Å². The van der Waals surface area contributed by atoms with Crippen LogP contribution in [0.5, 0.6) is 0 Å². The number of sulfonamides is 1. The molecule has 0 saturated heterocycles. The SMILES string of the molecule is COC(=O)C(CO)NS(=O)(=O)c1c(F)cccc1F. The number of rotatable bonds is 5. The Morgan fingerprint density at radius 2 is 1.95 bits per heavy atom. The highest BCUT2D eigenvalue weighted by Gasteiger charge is 2.30. The highest BCUT2D eigenvalue weighted by Crippen LogP contribution is 2.18. The molecule has 0 radical (unpaired) electrons. The van der Waals surface area contributed by atoms with Crippen LogP contribution in [0.25, 0.3) is 0 Å². The first kappa shape index (κ1) is 15.5. The third-order valence-corrected chi connectivity index (χ3v) is 3.68. The molecule has 0 aromatic heterocycles. The van der Waals surface area contributed by atoms with E-state index in [0.717, 1.165) is 25.3 Å². The predicted molar refractivity (Wildman–Crippen MR) is 59.6 cm³/mol. The minimum atomic E-state index is -4.65. The van der Waals surface area contributed by atoms with Crippen LogP contribution in [0.1, 0.15) is 0 Å². The molecule has 0 aliphatic rings. The predicted octanol–water partition coefficient (Wildman–Crippen LogP) is -0.223. The second kappa shape index (κ2) is 6.04. The summed E-state index contributed by atoms with van der Waals surface area (Å²) in [4.78, 5) is 9.90. The van der Waals surface area contributed by atoms with Crippen LogP contribution >= 0.6 is 0 Å². The number of benzene rings is 1. The monoisotopic (exact) mass is 295 g/mol. The average Bonchev–Trinajstić information content (AvgIpc) is 2.34. The van der Waals surface area contributed by atoms with E-state index in [0.29, 0.717) is 0 Å². The van der Waals surface area contributed by atoms with Gasteiger partial charge in [-0.1, -0.05) is 6.07 Å². The number of hydrogen-bond acceptors (Lipinski definition) is 5. The number of aliphatic hydroxyl groups excluding tert-OH is 1. The number of carbonyl (C=O) groups excluding carboxylic acids is 1. The molecule has 6 nitrogen and oxygen atoms in total. The van der Waals surface area contributed by atoms with Crippen molar-refractivity contribution >= 4 is 16.0 Å². The normalized spacial score (nSPS) is 13.1. The number of ether oxygens (including phenoxy) is 1. The van der Waals surface area contributed by atoms with Gasteiger partial charge in [0.2, 0.25) is 10.0 Å². The number of methoxy groups -OCH3 is 1. The fourth-order valence-corrected chi connectivity index (χ4v) is 2.60. The van der Waals surface area contributed by atoms with Crippen molar-refractivity contribution in [1.29, 1.82) is 0 Å². The van der Waals surface area contributed by atoms with E-state index < -0.39 is 45.2 Å². The molecule has 0 spiro atoms. The van der Waals surface area contributed by atoms with Crippen LogP contribution in [0.2, 0.25) is 0 Å². The summed E-state index contributed by atoms with van der Waals surface area (Å²) >= 11 is 0. The van der Waals surface area contributed by atoms with Gasteiger partial charge in [-0.25, -0.2) is 17.2 Å². The summed E-state index contributed by atoms with van der Waals surface area (Å²) in [5.74, 6) is -3.70. The van der Waals surface area contributed by atoms with Gasteiger partial charge in [-0.2, -0.15) is 4.72 Å². The number of carbonyl (C=O) groups is 1. The Morgan fingerprint density at radius 3 is 2.37 bits per heavy atom. The second-order valence-electron chi connectivity index (χ2n) is 3.43. The molecule has 0 fully saturated rings. The van der Waals surface area contributed by atoms with Gasteiger partial charge in [0, 0.05) is 0 Å². The van der Waals surface area contributed by atoms with E-state index in [9.17, 15) is 22.0 Å². The van der Waals surface area contributed by atoms with Gasteiger partial charge in [0.05, 0.1) is 13.7 Å². The Kier molecular flexibility index (Phi) is 4.92. The van der Waals surface area contributed by atoms with Gasteiger partial charge in [-0.15, -0.1) is 0 Å². The molecule has 0 aliphatic heterocycles. The fourth-order valence-electron chi connectivity index (χ4n) is 1.29. The molecule has 1 atom stereocenters. The molecular weight excluding hydrogens is 284 g/mol. The molecule has 1 aromatic rings. The molecule has 1 aromatic carbocycles. The summed E-state index contributed by atoms with van der Waals surface area (Å²) in [6, 6.07) is 0.857. The van der Waals surface area contributed by atoms with E-state index in [2.05, 4.69) is 4.74 Å². The Bertz CT molecular complexity index is 555. The summed E-state index contributed by atoms with van der Waals surface area (Å²) in [6.45, 7) is -0.915. The minimum absolute atomic E-state index is 0.754. The maximum atomic E-state index is 13.3. The highest BCUT2D eigenvalue weighted by atomic mass is 32.2. The van der Waals surface area contributed by atoms with Gasteiger partial charge in [0.15, 0.2) is 4.90 Å². The summed E-state index contributed by atoms with van der Waals surface area (Å²) < 4.78 is 56.1. The highest BCUT2D eigenvalue weighted by molar-refractivity contribution is 7.89. The van der Waals surface area contributed by atoms with Crippen molar-refractivity contribution in [3.63, 3.8) is 0 Å². The molecule has 0 amide bonds. The van der Waals surface area contributed by atoms with E-state index in [4.69, 9.17) is 5.11 Å². The molecule has 106 valence electrons. The third-order valence-electron chi connectivity index (χ3n) is 2.15. The third kappa shape index (κ3) is 3.46. The van der Waals surface area contributed by atoms with E-state index in [1.807, 2.05) is 0 Å². The number of hydrogen-bond donors (Lipinski definition) is 2. The lowest BCUT2D eigenvalue weighted by Gasteiger charge is -2.14. The summed E-state index contributed by atoms with van der Waals surface area (Å²) in [5.41, 5.74) is 0. The molecule has 1 rings (SSSR count). The van der Waals surface area contributed by atoms with Gasteiger partial charge in [0.1, 0.15) is 17.7 Å². The Hall–Kier alpha value is -1.58. The number of aliphatic hydroxyl groups is 1. The molecule has 0 bridgehead atoms. The number of halogens is 2. The zero-order chi connectivity index (χ0) is 14.6. The van der Waals surface area contributed by atoms with Gasteiger partial charge >= 0.3 is 5.97 Å². The average molecular weight is 295 g/mol. The lowest BCUT2D eigenvalue weighted by molar-refractivity contribution is -0.143. The smallest absolute Gasteiger partial charge is 0.326 e. The van der Waals surface area contributed by atoms with Crippen molar-refractivity contribution in [3.05, 3.63) is 29.8 Å². The quantitative estimate of drug-likeness (QED) is 0.732. The maximum Gasteiger partial charge on any atom is 0.326 e. The van der Waals surface area contributed by atoms with Gasteiger partial charge in [-0.05, 0) is 12.1 Å². The molecule has 0 saturated carbocycles. The van der Waals surface area contributed by atoms with Crippen LogP contribution in [0.4, 0.5) is 8.78 Å². The van der Waals surface area contributed by atoms with Crippen molar-refractivity contribution < 1.29 is 31.8 Å². The zero-order valence-electron chi connectivity index (χ0n) is 9.76. The summed E-state index contributed by atoms with van der Waals surface area (Å²) in [6.07, 6.45) is 0. The lowest BCUT2D eigenvalue weighted by atomic mass is 10.3. The first-order valence-corrected chi connectivity index (χ1v) is 6.47. The molecule has 0 heterocycles. The Balaban J connectivity index is 3.15. The molecular formula is C10H11F2NO5S. The number of nitrogens with one attached hydrogen (secondary N) is 1. The topological polar surface area (TPSA) is 92.7 Å². The van der Waals surface area contributed by atoms with Crippen LogP contribution in [0.3, 0.4) is 0 Å². The Labute approximate surface area is 108 Å². The van der Waals surface area contributed by atoms with E-state index in [-0.39, 0.29) is 0 Å². The molecule has 1 unspecified atom stereocenters. The van der Waals surface area contributed by atoms with Gasteiger partial charge in [-0.3, -0.25) is 4.79 Å². The lowest BCUT2D eigenvalue weighted by Crippen LogP contribution is -2.44. The zero-order valence-corrected chi connectivity index (χ0v) is 10.6. The minimum Gasteiger partial charge on any atom is -0.468 e. The van der Waals surface area contributed by atoms with Crippen molar-refractivity contribution in [3.8, 4) is 0 Å². The van der Waals surface area contributed by atoms with Crippen LogP contribution in [-0.4, -0.2) is 39.3 Å². The van der Waals surface area contributed by atoms with Crippen molar-refractivity contribution in [2.75, 3.05) is 13.7 Å². The fraction of sp³-hybridized carbons (Fsp3) is 0.300. The van der Waals surface area contributed by atoms with Crippen LogP contribution in [-0.2, 0) is 19.6 Å². The van der Waals surface area contributed by atoms with Crippen molar-refractivity contribution in [2.45, 2.75) is 10.9 Å². The van der Waals surface area contributed by atoms with Crippen molar-refractivity contribution in [2.24, 2.45) is 0 Å². The van der Waals surface area contributed by atoms with E-state index in [1.165, 1.54) is 0 Å². The van der Waals surface area contributed by atoms with Crippen LogP contribution < -0.4 is 4.72 Å². The van der Waals surface area contributed by atoms with Gasteiger partial charge < -0.3 is 9.84 Å². The summed E-state index contributed by atoms with van der Waals surface area (Å²) in [7, 11) is -3.67. The summed E-state index contributed by atoms with van der Waals surface area (Å²) in [5, 5.41) is 8.86. The molecule has 9 heteroatoms. The molecule has 19 heavy (non-hydrogen) atoms. The standard InChI is InChI=1S/C10H11F2NO5S/c1-18-10(15)8(5-14)13-19(16,17)9-6(11)3-2-4-7(9)12/h2-4,8,13-14H,5H2,1H3. The number of esters is 1. The van der Waals surface area contributed by atoms with Crippen LogP contribution in [0.15, 0.2) is 23.1 Å². The molecule has 0 aliphatic carbocycles. The van der Waals surface area contributed by atoms with E-state index >= 15 is 0 Å². The first-order valence-electron chi connectivity index (χ1n) is 4.98.